The zero-order chi connectivity index (χ0) is 14.5. The summed E-state index contributed by atoms with van der Waals surface area (Å²) in [6, 6.07) is 5.61. The molecular weight excluding hydrogens is 260 g/mol. The van der Waals surface area contributed by atoms with Gasteiger partial charge in [-0.3, -0.25) is 0 Å². The molecule has 6 nitrogen and oxygen atoms in total. The van der Waals surface area contributed by atoms with E-state index in [2.05, 4.69) is 17.2 Å². The lowest BCUT2D eigenvalue weighted by Crippen LogP contribution is -2.47. The van der Waals surface area contributed by atoms with Crippen molar-refractivity contribution < 1.29 is 19.4 Å². The molecule has 1 aromatic carbocycles. The highest BCUT2D eigenvalue weighted by atomic mass is 16.5. The van der Waals surface area contributed by atoms with Crippen LogP contribution in [0.25, 0.3) is 0 Å². The molecule has 3 N–H and O–H groups in total. The number of hydrogen-bond donors (Lipinski definition) is 3. The highest BCUT2D eigenvalue weighted by molar-refractivity contribution is 5.83. The number of benzene rings is 1. The van der Waals surface area contributed by atoms with Crippen LogP contribution in [-0.2, 0) is 4.79 Å². The van der Waals surface area contributed by atoms with Gasteiger partial charge in [-0.1, -0.05) is 24.3 Å². The van der Waals surface area contributed by atoms with Crippen LogP contribution in [0.3, 0.4) is 0 Å². The third-order valence-corrected chi connectivity index (χ3v) is 3.01. The molecule has 1 aliphatic heterocycles. The molecule has 2 unspecified atom stereocenters. The summed E-state index contributed by atoms with van der Waals surface area (Å²) >= 11 is 0. The number of ether oxygens (including phenoxy) is 1. The van der Waals surface area contributed by atoms with E-state index in [0.717, 1.165) is 11.3 Å². The first-order valence-electron chi connectivity index (χ1n) is 6.24. The minimum Gasteiger partial charge on any atom is -0.491 e. The third-order valence-electron chi connectivity index (χ3n) is 3.01. The summed E-state index contributed by atoms with van der Waals surface area (Å²) < 4.78 is 5.44. The number of hydrogen-bond acceptors (Lipinski definition) is 3. The van der Waals surface area contributed by atoms with Crippen molar-refractivity contribution in [2.45, 2.75) is 18.5 Å². The minimum absolute atomic E-state index is 0.167. The van der Waals surface area contributed by atoms with Crippen molar-refractivity contribution in [3.05, 3.63) is 42.5 Å². The Morgan fingerprint density at radius 1 is 1.50 bits per heavy atom. The number of carboxylic acids is 1. The first-order valence-corrected chi connectivity index (χ1v) is 6.24. The molecule has 20 heavy (non-hydrogen) atoms. The SMILES string of the molecule is C=CCC(NC(=O)NC1COc2ccccc21)C(=O)O. The van der Waals surface area contributed by atoms with Crippen LogP contribution in [0.4, 0.5) is 4.79 Å². The van der Waals surface area contributed by atoms with Crippen molar-refractivity contribution >= 4 is 12.0 Å². The van der Waals surface area contributed by atoms with Crippen LogP contribution in [0.15, 0.2) is 36.9 Å². The lowest BCUT2D eigenvalue weighted by atomic mass is 10.1. The van der Waals surface area contributed by atoms with Gasteiger partial charge >= 0.3 is 12.0 Å². The highest BCUT2D eigenvalue weighted by Gasteiger charge is 2.26. The Balaban J connectivity index is 1.96. The summed E-state index contributed by atoms with van der Waals surface area (Å²) in [5.41, 5.74) is 0.887. The first-order chi connectivity index (χ1) is 9.61. The molecule has 2 amide bonds. The Labute approximate surface area is 116 Å². The van der Waals surface area contributed by atoms with Crippen LogP contribution in [-0.4, -0.2) is 29.8 Å². The molecule has 0 spiro atoms. The number of nitrogens with one attached hydrogen (secondary N) is 2. The number of rotatable bonds is 5. The summed E-state index contributed by atoms with van der Waals surface area (Å²) in [5.74, 6) is -0.359. The number of urea groups is 1. The van der Waals surface area contributed by atoms with E-state index in [9.17, 15) is 9.59 Å². The molecule has 0 bridgehead atoms. The second-order valence-electron chi connectivity index (χ2n) is 4.43. The van der Waals surface area contributed by atoms with Crippen molar-refractivity contribution in [2.24, 2.45) is 0 Å². The molecule has 1 aliphatic rings. The quantitative estimate of drug-likeness (QED) is 0.710. The topological polar surface area (TPSA) is 87.7 Å². The maximum Gasteiger partial charge on any atom is 0.326 e. The molecule has 0 fully saturated rings. The fourth-order valence-electron chi connectivity index (χ4n) is 2.03. The van der Waals surface area contributed by atoms with Gasteiger partial charge in [0.25, 0.3) is 0 Å². The van der Waals surface area contributed by atoms with E-state index in [1.54, 1.807) is 0 Å². The van der Waals surface area contributed by atoms with Gasteiger partial charge < -0.3 is 20.5 Å². The van der Waals surface area contributed by atoms with Gasteiger partial charge in [-0.15, -0.1) is 6.58 Å². The standard InChI is InChI=1S/C14H16N2O4/c1-2-5-10(13(17)18)15-14(19)16-11-8-20-12-7-4-3-6-9(11)12/h2-4,6-7,10-11H,1,5,8H2,(H,17,18)(H2,15,16,19). The normalized spacial score (nSPS) is 17.5. The second kappa shape index (κ2) is 6.10. The van der Waals surface area contributed by atoms with Crippen molar-refractivity contribution in [1.82, 2.24) is 10.6 Å². The van der Waals surface area contributed by atoms with Crippen LogP contribution in [0.1, 0.15) is 18.0 Å². The molecule has 106 valence electrons. The van der Waals surface area contributed by atoms with Gasteiger partial charge in [0.15, 0.2) is 0 Å². The van der Waals surface area contributed by atoms with Gasteiger partial charge in [-0.25, -0.2) is 9.59 Å². The molecule has 2 atom stereocenters. The first kappa shape index (κ1) is 13.9. The Hall–Kier alpha value is -2.50. The summed E-state index contributed by atoms with van der Waals surface area (Å²) in [6.45, 7) is 3.81. The van der Waals surface area contributed by atoms with Gasteiger partial charge in [0, 0.05) is 5.56 Å². The van der Waals surface area contributed by atoms with Crippen molar-refractivity contribution in [3.8, 4) is 5.75 Å². The number of carboxylic acid groups (broad SMARTS) is 1. The molecule has 6 heteroatoms. The fraction of sp³-hybridized carbons (Fsp3) is 0.286. The smallest absolute Gasteiger partial charge is 0.326 e. The van der Waals surface area contributed by atoms with Crippen LogP contribution in [0.2, 0.25) is 0 Å². The van der Waals surface area contributed by atoms with Gasteiger partial charge in [0.05, 0.1) is 6.04 Å². The van der Waals surface area contributed by atoms with Gasteiger partial charge in [0.2, 0.25) is 0 Å². The van der Waals surface area contributed by atoms with Crippen molar-refractivity contribution in [1.29, 1.82) is 0 Å². The summed E-state index contributed by atoms with van der Waals surface area (Å²) in [5, 5.41) is 14.1. The molecule has 2 rings (SSSR count). The summed E-state index contributed by atoms with van der Waals surface area (Å²) in [7, 11) is 0. The predicted octanol–water partition coefficient (Wildman–Crippen LogP) is 1.45. The average molecular weight is 276 g/mol. The Morgan fingerprint density at radius 2 is 2.25 bits per heavy atom. The number of para-hydroxylation sites is 1. The maximum atomic E-state index is 11.8. The summed E-state index contributed by atoms with van der Waals surface area (Å²) in [4.78, 5) is 22.8. The Kier molecular flexibility index (Phi) is 4.24. The van der Waals surface area contributed by atoms with E-state index < -0.39 is 18.0 Å². The van der Waals surface area contributed by atoms with E-state index >= 15 is 0 Å². The van der Waals surface area contributed by atoms with Gasteiger partial charge in [-0.2, -0.15) is 0 Å². The molecule has 0 aliphatic carbocycles. The van der Waals surface area contributed by atoms with E-state index in [1.807, 2.05) is 24.3 Å². The molecule has 0 aromatic heterocycles. The molecule has 0 saturated carbocycles. The van der Waals surface area contributed by atoms with Crippen molar-refractivity contribution in [2.75, 3.05) is 6.61 Å². The third kappa shape index (κ3) is 3.09. The number of carbonyl (C=O) groups is 2. The molecular formula is C14H16N2O4. The maximum absolute atomic E-state index is 11.8. The monoisotopic (exact) mass is 276 g/mol. The molecule has 0 radical (unpaired) electrons. The summed E-state index contributed by atoms with van der Waals surface area (Å²) in [6.07, 6.45) is 1.62. The molecule has 0 saturated heterocycles. The van der Waals surface area contributed by atoms with E-state index in [1.165, 1.54) is 6.08 Å². The number of fused-ring (bicyclic) bond motifs is 1. The highest BCUT2D eigenvalue weighted by Crippen LogP contribution is 2.31. The Morgan fingerprint density at radius 3 is 2.95 bits per heavy atom. The van der Waals surface area contributed by atoms with Crippen LogP contribution in [0.5, 0.6) is 5.75 Å². The second-order valence-corrected chi connectivity index (χ2v) is 4.43. The zero-order valence-electron chi connectivity index (χ0n) is 10.8. The minimum atomic E-state index is -1.09. The number of amides is 2. The van der Waals surface area contributed by atoms with E-state index in [-0.39, 0.29) is 12.5 Å². The lowest BCUT2D eigenvalue weighted by Gasteiger charge is -2.16. The van der Waals surface area contributed by atoms with Gasteiger partial charge in [0.1, 0.15) is 18.4 Å². The number of aliphatic carboxylic acids is 1. The molecule has 1 aromatic rings. The predicted molar refractivity (Wildman–Crippen MR) is 72.6 cm³/mol. The lowest BCUT2D eigenvalue weighted by molar-refractivity contribution is -0.139. The van der Waals surface area contributed by atoms with Crippen LogP contribution in [0, 0.1) is 0 Å². The Bertz CT molecular complexity index is 530. The zero-order valence-corrected chi connectivity index (χ0v) is 10.8. The van der Waals surface area contributed by atoms with Crippen LogP contribution < -0.4 is 15.4 Å². The van der Waals surface area contributed by atoms with Crippen LogP contribution >= 0.6 is 0 Å². The van der Waals surface area contributed by atoms with Gasteiger partial charge in [-0.05, 0) is 12.5 Å². The number of carbonyl (C=O) groups excluding carboxylic acids is 1. The van der Waals surface area contributed by atoms with E-state index in [0.29, 0.717) is 6.61 Å². The van der Waals surface area contributed by atoms with Crippen molar-refractivity contribution in [3.63, 3.8) is 0 Å². The fourth-order valence-corrected chi connectivity index (χ4v) is 2.03. The largest absolute Gasteiger partial charge is 0.491 e. The molecule has 1 heterocycles. The average Bonchev–Trinajstić information content (AvgIpc) is 2.81. The van der Waals surface area contributed by atoms with E-state index in [4.69, 9.17) is 9.84 Å².